The van der Waals surface area contributed by atoms with Crippen molar-refractivity contribution in [2.75, 3.05) is 5.32 Å². The molecule has 2 aromatic heterocycles. The van der Waals surface area contributed by atoms with Crippen LogP contribution in [-0.4, -0.2) is 25.5 Å². The van der Waals surface area contributed by atoms with E-state index in [9.17, 15) is 4.79 Å². The van der Waals surface area contributed by atoms with Gasteiger partial charge < -0.3 is 5.32 Å². The van der Waals surface area contributed by atoms with Crippen molar-refractivity contribution in [2.45, 2.75) is 13.8 Å². The van der Waals surface area contributed by atoms with E-state index in [1.54, 1.807) is 18.2 Å². The van der Waals surface area contributed by atoms with Gasteiger partial charge in [0.05, 0.1) is 10.7 Å². The number of carbonyl (C=O) groups is 1. The number of aromatic nitrogens is 4. The summed E-state index contributed by atoms with van der Waals surface area (Å²) in [6, 6.07) is 6.66. The van der Waals surface area contributed by atoms with Crippen molar-refractivity contribution in [3.8, 4) is 0 Å². The first-order valence-corrected chi connectivity index (χ1v) is 7.17. The van der Waals surface area contributed by atoms with E-state index in [0.717, 1.165) is 11.4 Å². The van der Waals surface area contributed by atoms with Crippen LogP contribution < -0.4 is 5.32 Å². The Morgan fingerprint density at radius 2 is 1.95 bits per heavy atom. The Kier molecular flexibility index (Phi) is 3.72. The Morgan fingerprint density at radius 3 is 2.68 bits per heavy atom. The number of benzene rings is 1. The first-order valence-electron chi connectivity index (χ1n) is 6.41. The number of halogens is 2. The summed E-state index contributed by atoms with van der Waals surface area (Å²) < 4.78 is 1.52. The van der Waals surface area contributed by atoms with E-state index >= 15 is 0 Å². The van der Waals surface area contributed by atoms with Crippen LogP contribution in [0.1, 0.15) is 22.0 Å². The quantitative estimate of drug-likeness (QED) is 0.779. The molecule has 2 heterocycles. The Balaban J connectivity index is 1.93. The van der Waals surface area contributed by atoms with Crippen molar-refractivity contribution >= 4 is 40.6 Å². The highest BCUT2D eigenvalue weighted by Gasteiger charge is 2.16. The van der Waals surface area contributed by atoms with Crippen LogP contribution in [0.5, 0.6) is 0 Å². The number of fused-ring (bicyclic) bond motifs is 1. The Bertz CT molecular complexity index is 890. The average Bonchev–Trinajstić information content (AvgIpc) is 2.86. The summed E-state index contributed by atoms with van der Waals surface area (Å²) in [6.45, 7) is 3.73. The number of rotatable bonds is 2. The number of hydrogen-bond donors (Lipinski definition) is 1. The number of anilines is 1. The van der Waals surface area contributed by atoms with Crippen LogP contribution in [0.25, 0.3) is 5.78 Å². The first kappa shape index (κ1) is 14.7. The van der Waals surface area contributed by atoms with Crippen LogP contribution in [0, 0.1) is 13.8 Å². The molecule has 0 radical (unpaired) electrons. The van der Waals surface area contributed by atoms with Crippen LogP contribution in [0.2, 0.25) is 10.0 Å². The lowest BCUT2D eigenvalue weighted by atomic mass is 10.3. The maximum absolute atomic E-state index is 12.2. The zero-order valence-electron chi connectivity index (χ0n) is 11.8. The minimum Gasteiger partial charge on any atom is -0.318 e. The molecule has 0 atom stereocenters. The predicted octanol–water partition coefficient (Wildman–Crippen LogP) is 3.30. The molecule has 0 aliphatic rings. The van der Waals surface area contributed by atoms with Gasteiger partial charge in [-0.05, 0) is 38.1 Å². The molecule has 1 N–H and O–H groups in total. The number of amides is 1. The number of nitrogens with one attached hydrogen (secondary N) is 1. The zero-order valence-corrected chi connectivity index (χ0v) is 13.3. The SMILES string of the molecule is Cc1cc(C)n2nc(C(=O)Nc3ccc(Cl)cc3Cl)nc2n1. The molecule has 6 nitrogen and oxygen atoms in total. The molecule has 0 unspecified atom stereocenters. The number of carbonyl (C=O) groups excluding carboxylic acids is 1. The van der Waals surface area contributed by atoms with Gasteiger partial charge in [0.15, 0.2) is 0 Å². The molecule has 0 aliphatic carbocycles. The zero-order chi connectivity index (χ0) is 15.9. The lowest BCUT2D eigenvalue weighted by Crippen LogP contribution is -2.14. The molecular weight excluding hydrogens is 325 g/mol. The molecule has 0 fully saturated rings. The number of hydrogen-bond acceptors (Lipinski definition) is 4. The van der Waals surface area contributed by atoms with Gasteiger partial charge in [0.25, 0.3) is 11.7 Å². The fourth-order valence-corrected chi connectivity index (χ4v) is 2.49. The molecule has 22 heavy (non-hydrogen) atoms. The first-order chi connectivity index (χ1) is 10.4. The largest absolute Gasteiger partial charge is 0.318 e. The second-order valence-electron chi connectivity index (χ2n) is 4.76. The van der Waals surface area contributed by atoms with E-state index in [1.807, 2.05) is 19.9 Å². The molecule has 3 aromatic rings. The molecule has 8 heteroatoms. The van der Waals surface area contributed by atoms with E-state index in [4.69, 9.17) is 23.2 Å². The predicted molar refractivity (Wildman–Crippen MR) is 84.7 cm³/mol. The van der Waals surface area contributed by atoms with Crippen molar-refractivity contribution in [3.63, 3.8) is 0 Å². The van der Waals surface area contributed by atoms with Crippen molar-refractivity contribution in [3.05, 3.63) is 51.5 Å². The highest BCUT2D eigenvalue weighted by molar-refractivity contribution is 6.36. The Morgan fingerprint density at radius 1 is 1.18 bits per heavy atom. The van der Waals surface area contributed by atoms with E-state index in [2.05, 4.69) is 20.4 Å². The molecule has 0 spiro atoms. The fraction of sp³-hybridized carbons (Fsp3) is 0.143. The van der Waals surface area contributed by atoms with Gasteiger partial charge in [-0.1, -0.05) is 23.2 Å². The summed E-state index contributed by atoms with van der Waals surface area (Å²) in [6.07, 6.45) is 0. The third kappa shape index (κ3) is 2.75. The lowest BCUT2D eigenvalue weighted by molar-refractivity contribution is 0.101. The van der Waals surface area contributed by atoms with Crippen LogP contribution in [0.15, 0.2) is 24.3 Å². The van der Waals surface area contributed by atoms with Crippen LogP contribution in [0.3, 0.4) is 0 Å². The van der Waals surface area contributed by atoms with Crippen molar-refractivity contribution in [1.29, 1.82) is 0 Å². The molecular formula is C14H11Cl2N5O. The van der Waals surface area contributed by atoms with Crippen LogP contribution >= 0.6 is 23.2 Å². The second kappa shape index (κ2) is 5.55. The monoisotopic (exact) mass is 335 g/mol. The standard InChI is InChI=1S/C14H11Cl2N5O/c1-7-5-8(2)21-14(17-7)19-12(20-21)13(22)18-11-4-3-9(15)6-10(11)16/h3-6H,1-2H3,(H,18,22). The van der Waals surface area contributed by atoms with Gasteiger partial charge in [0.1, 0.15) is 0 Å². The minimum absolute atomic E-state index is 0.0206. The minimum atomic E-state index is -0.466. The molecule has 0 bridgehead atoms. The average molecular weight is 336 g/mol. The van der Waals surface area contributed by atoms with Crippen molar-refractivity contribution in [2.24, 2.45) is 0 Å². The van der Waals surface area contributed by atoms with E-state index in [1.165, 1.54) is 4.52 Å². The fourth-order valence-electron chi connectivity index (χ4n) is 2.03. The maximum atomic E-state index is 12.2. The summed E-state index contributed by atoms with van der Waals surface area (Å²) in [4.78, 5) is 20.6. The van der Waals surface area contributed by atoms with E-state index < -0.39 is 5.91 Å². The third-order valence-corrected chi connectivity index (χ3v) is 3.55. The maximum Gasteiger partial charge on any atom is 0.295 e. The molecule has 0 saturated heterocycles. The Hall–Kier alpha value is -2.18. The number of aryl methyl sites for hydroxylation is 2. The van der Waals surface area contributed by atoms with Gasteiger partial charge in [0, 0.05) is 16.4 Å². The molecule has 0 aliphatic heterocycles. The third-order valence-electron chi connectivity index (χ3n) is 3.00. The summed E-state index contributed by atoms with van der Waals surface area (Å²) in [7, 11) is 0. The van der Waals surface area contributed by atoms with Crippen LogP contribution in [0.4, 0.5) is 5.69 Å². The van der Waals surface area contributed by atoms with Gasteiger partial charge in [-0.3, -0.25) is 4.79 Å². The lowest BCUT2D eigenvalue weighted by Gasteiger charge is -2.04. The Labute approximate surface area is 136 Å². The molecule has 3 rings (SSSR count). The highest BCUT2D eigenvalue weighted by Crippen LogP contribution is 2.25. The van der Waals surface area contributed by atoms with Gasteiger partial charge >= 0.3 is 0 Å². The van der Waals surface area contributed by atoms with E-state index in [0.29, 0.717) is 21.5 Å². The van der Waals surface area contributed by atoms with Gasteiger partial charge in [-0.15, -0.1) is 5.10 Å². The normalized spacial score (nSPS) is 10.9. The smallest absolute Gasteiger partial charge is 0.295 e. The van der Waals surface area contributed by atoms with E-state index in [-0.39, 0.29) is 5.82 Å². The summed E-state index contributed by atoms with van der Waals surface area (Å²) in [5, 5.41) is 7.64. The van der Waals surface area contributed by atoms with Gasteiger partial charge in [-0.2, -0.15) is 4.98 Å². The summed E-state index contributed by atoms with van der Waals surface area (Å²) in [5.41, 5.74) is 2.10. The van der Waals surface area contributed by atoms with Gasteiger partial charge in [-0.25, -0.2) is 9.50 Å². The van der Waals surface area contributed by atoms with Crippen molar-refractivity contribution in [1.82, 2.24) is 19.6 Å². The summed E-state index contributed by atoms with van der Waals surface area (Å²) in [5.74, 6) is -0.0659. The van der Waals surface area contributed by atoms with Crippen LogP contribution in [-0.2, 0) is 0 Å². The summed E-state index contributed by atoms with van der Waals surface area (Å²) >= 11 is 11.9. The molecule has 112 valence electrons. The second-order valence-corrected chi connectivity index (χ2v) is 5.61. The topological polar surface area (TPSA) is 72.2 Å². The van der Waals surface area contributed by atoms with Gasteiger partial charge in [0.2, 0.25) is 5.82 Å². The number of nitrogens with zero attached hydrogens (tertiary/aromatic N) is 4. The molecule has 0 saturated carbocycles. The van der Waals surface area contributed by atoms with Crippen molar-refractivity contribution < 1.29 is 4.79 Å². The molecule has 1 aromatic carbocycles. The highest BCUT2D eigenvalue weighted by atomic mass is 35.5. The molecule has 1 amide bonds.